The number of hydrogen-bond donors (Lipinski definition) is 1. The summed E-state index contributed by atoms with van der Waals surface area (Å²) in [6.07, 6.45) is 2.48. The number of rotatable bonds is 4. The van der Waals surface area contributed by atoms with Gasteiger partial charge in [0.15, 0.2) is 0 Å². The van der Waals surface area contributed by atoms with Gasteiger partial charge in [-0.15, -0.1) is 6.54 Å². The van der Waals surface area contributed by atoms with Gasteiger partial charge >= 0.3 is 6.30 Å². The first-order valence-electron chi connectivity index (χ1n) is 5.08. The molecule has 1 rings (SSSR count). The molecular formula is C11H12BrF3NOSY-. The fourth-order valence-electron chi connectivity index (χ4n) is 1.23. The molecule has 0 spiro atoms. The third-order valence-corrected chi connectivity index (χ3v) is 2.68. The fraction of sp³-hybridized carbons (Fsp3) is 0.455. The molecule has 1 aliphatic carbocycles. The van der Waals surface area contributed by atoms with Gasteiger partial charge in [-0.2, -0.15) is 25.8 Å². The van der Waals surface area contributed by atoms with E-state index in [1.807, 2.05) is 13.0 Å². The van der Waals surface area contributed by atoms with Crippen LogP contribution in [0.5, 0.6) is 0 Å². The number of hydrogen-bond acceptors (Lipinski definition) is 2. The predicted octanol–water partition coefficient (Wildman–Crippen LogP) is 4.32. The van der Waals surface area contributed by atoms with Crippen LogP contribution < -0.4 is 0 Å². The van der Waals surface area contributed by atoms with E-state index >= 15 is 0 Å². The van der Waals surface area contributed by atoms with Crippen LogP contribution >= 0.6 is 28.6 Å². The van der Waals surface area contributed by atoms with Crippen molar-refractivity contribution in [3.63, 3.8) is 0 Å². The zero-order valence-electron chi connectivity index (χ0n) is 10.1. The van der Waals surface area contributed by atoms with Crippen LogP contribution in [-0.4, -0.2) is 24.2 Å². The normalized spacial score (nSPS) is 23.1. The largest absolute Gasteiger partial charge is 0.567 e. The second-order valence-corrected chi connectivity index (χ2v) is 5.71. The van der Waals surface area contributed by atoms with Gasteiger partial charge in [0.2, 0.25) is 0 Å². The van der Waals surface area contributed by atoms with Crippen LogP contribution in [-0.2, 0) is 37.4 Å². The number of allylic oxidation sites excluding steroid dienone is 3. The first kappa shape index (κ1) is 19.7. The van der Waals surface area contributed by atoms with E-state index in [4.69, 9.17) is 4.74 Å². The summed E-state index contributed by atoms with van der Waals surface area (Å²) < 4.78 is 40.8. The number of nitrogens with zero attached hydrogens (tertiary/aromatic N) is 1. The smallest absolute Gasteiger partial charge is 0.312 e. The second kappa shape index (κ2) is 8.22. The van der Waals surface area contributed by atoms with E-state index in [1.54, 1.807) is 18.2 Å². The average molecular weight is 432 g/mol. The molecule has 0 N–H and O–H groups in total. The number of ether oxygens (including phenoxy) is 1. The summed E-state index contributed by atoms with van der Waals surface area (Å²) in [5, 5.41) is 2.49. The Kier molecular flexibility index (Phi) is 8.53. The minimum atomic E-state index is -4.50. The van der Waals surface area contributed by atoms with Gasteiger partial charge in [-0.25, -0.2) is 0 Å². The SMILES string of the molecule is CC1(S)C=CC(OCC[N-]C(F)(F)F)=CC(Br)=C1.[Y]. The molecule has 105 valence electrons. The van der Waals surface area contributed by atoms with Gasteiger partial charge in [-0.05, 0) is 19.1 Å². The molecule has 8 heteroatoms. The zero-order chi connectivity index (χ0) is 13.8. The quantitative estimate of drug-likeness (QED) is 0.400. The Balaban J connectivity index is 0.00000324. The van der Waals surface area contributed by atoms with Gasteiger partial charge < -0.3 is 10.1 Å². The molecule has 0 aromatic rings. The fourth-order valence-corrected chi connectivity index (χ4v) is 2.32. The Bertz CT molecular complexity index is 394. The van der Waals surface area contributed by atoms with Crippen molar-refractivity contribution in [2.75, 3.05) is 13.2 Å². The third-order valence-electron chi connectivity index (χ3n) is 1.95. The second-order valence-electron chi connectivity index (χ2n) is 3.83. The first-order chi connectivity index (χ1) is 8.18. The molecule has 1 unspecified atom stereocenters. The molecule has 1 radical (unpaired) electrons. The zero-order valence-corrected chi connectivity index (χ0v) is 15.4. The summed E-state index contributed by atoms with van der Waals surface area (Å²) in [5.41, 5.74) is 0. The molecule has 0 bridgehead atoms. The summed E-state index contributed by atoms with van der Waals surface area (Å²) in [4.78, 5) is 0. The van der Waals surface area contributed by atoms with E-state index in [1.165, 1.54) is 0 Å². The molecule has 0 amide bonds. The molecule has 0 heterocycles. The molecule has 0 aliphatic heterocycles. The Morgan fingerprint density at radius 1 is 1.47 bits per heavy atom. The van der Waals surface area contributed by atoms with Gasteiger partial charge in [-0.3, -0.25) is 0 Å². The molecule has 19 heavy (non-hydrogen) atoms. The summed E-state index contributed by atoms with van der Waals surface area (Å²) in [6, 6.07) is 0. The molecule has 0 saturated heterocycles. The van der Waals surface area contributed by atoms with E-state index in [9.17, 15) is 13.2 Å². The van der Waals surface area contributed by atoms with Crippen LogP contribution in [0, 0.1) is 0 Å². The maximum Gasteiger partial charge on any atom is 0.312 e. The monoisotopic (exact) mass is 431 g/mol. The van der Waals surface area contributed by atoms with Gasteiger partial charge in [0.1, 0.15) is 5.76 Å². The van der Waals surface area contributed by atoms with Crippen molar-refractivity contribution in [3.8, 4) is 0 Å². The van der Waals surface area contributed by atoms with E-state index in [-0.39, 0.29) is 39.3 Å². The van der Waals surface area contributed by atoms with Crippen molar-refractivity contribution in [1.29, 1.82) is 0 Å². The molecule has 0 aromatic carbocycles. The standard InChI is InChI=1S/C11H12BrF3NOS.Y/c1-10(18)3-2-9(6-8(12)7-10)17-5-4-16-11(13,14)15;/h2-3,6-7,18H,4-5H2,1H3;/q-1;. The molecule has 1 aliphatic rings. The summed E-state index contributed by atoms with van der Waals surface area (Å²) in [5.74, 6) is 0.466. The number of halogens is 4. The first-order valence-corrected chi connectivity index (χ1v) is 6.32. The molecule has 0 fully saturated rings. The van der Waals surface area contributed by atoms with E-state index in [0.717, 1.165) is 4.48 Å². The van der Waals surface area contributed by atoms with Crippen molar-refractivity contribution in [1.82, 2.24) is 0 Å². The minimum Gasteiger partial charge on any atom is -0.567 e. The Morgan fingerprint density at radius 2 is 2.11 bits per heavy atom. The van der Waals surface area contributed by atoms with Crippen molar-refractivity contribution < 1.29 is 50.6 Å². The molecule has 0 aromatic heterocycles. The van der Waals surface area contributed by atoms with Gasteiger partial charge in [0, 0.05) is 41.9 Å². The molecule has 0 saturated carbocycles. The van der Waals surface area contributed by atoms with Crippen molar-refractivity contribution in [2.24, 2.45) is 0 Å². The Hall–Kier alpha value is 0.704. The number of alkyl halides is 3. The van der Waals surface area contributed by atoms with E-state index in [0.29, 0.717) is 5.76 Å². The van der Waals surface area contributed by atoms with Gasteiger partial charge in [0.25, 0.3) is 0 Å². The van der Waals surface area contributed by atoms with Crippen LogP contribution in [0.4, 0.5) is 13.2 Å². The van der Waals surface area contributed by atoms with E-state index in [2.05, 4.69) is 33.9 Å². The molecular weight excluding hydrogens is 420 g/mol. The van der Waals surface area contributed by atoms with Gasteiger partial charge in [-0.1, -0.05) is 28.1 Å². The Morgan fingerprint density at radius 3 is 2.68 bits per heavy atom. The van der Waals surface area contributed by atoms with Crippen molar-refractivity contribution >= 4 is 28.6 Å². The number of thiol groups is 1. The summed E-state index contributed by atoms with van der Waals surface area (Å²) in [6.45, 7) is 1.33. The average Bonchev–Trinajstić information content (AvgIpc) is 2.30. The maximum absolute atomic E-state index is 11.8. The topological polar surface area (TPSA) is 23.3 Å². The van der Waals surface area contributed by atoms with Crippen LogP contribution in [0.1, 0.15) is 6.92 Å². The van der Waals surface area contributed by atoms with Gasteiger partial charge in [0.05, 0.1) is 6.61 Å². The van der Waals surface area contributed by atoms with E-state index < -0.39 is 17.6 Å². The molecule has 1 atom stereocenters. The Labute approximate surface area is 149 Å². The minimum absolute atomic E-state index is 0. The summed E-state index contributed by atoms with van der Waals surface area (Å²) in [7, 11) is 0. The van der Waals surface area contributed by atoms with Crippen LogP contribution in [0.15, 0.2) is 34.5 Å². The van der Waals surface area contributed by atoms with Crippen LogP contribution in [0.2, 0.25) is 0 Å². The maximum atomic E-state index is 11.8. The summed E-state index contributed by atoms with van der Waals surface area (Å²) >= 11 is 7.69. The predicted molar refractivity (Wildman–Crippen MR) is 71.9 cm³/mol. The molecule has 2 nitrogen and oxygen atoms in total. The third kappa shape index (κ3) is 9.29. The van der Waals surface area contributed by atoms with Crippen LogP contribution in [0.3, 0.4) is 0 Å². The van der Waals surface area contributed by atoms with Crippen molar-refractivity contribution in [3.05, 3.63) is 39.9 Å². The van der Waals surface area contributed by atoms with Crippen molar-refractivity contribution in [2.45, 2.75) is 18.0 Å². The van der Waals surface area contributed by atoms with Crippen LogP contribution in [0.25, 0.3) is 5.32 Å².